The third-order valence-corrected chi connectivity index (χ3v) is 3.40. The Morgan fingerprint density at radius 2 is 2.00 bits per heavy atom. The van der Waals surface area contributed by atoms with Gasteiger partial charge < -0.3 is 0 Å². The summed E-state index contributed by atoms with van der Waals surface area (Å²) in [4.78, 5) is 9.57. The van der Waals surface area contributed by atoms with Gasteiger partial charge in [0.15, 0.2) is 0 Å². The summed E-state index contributed by atoms with van der Waals surface area (Å²) in [5, 5.41) is 0. The van der Waals surface area contributed by atoms with Crippen molar-refractivity contribution in [2.75, 3.05) is 13.1 Å². The van der Waals surface area contributed by atoms with E-state index in [1.807, 2.05) is 0 Å². The first-order valence-corrected chi connectivity index (χ1v) is 5.76. The fourth-order valence-electron chi connectivity index (χ4n) is 2.66. The number of hydrogen-bond donors (Lipinski definition) is 1. The number of aromatic nitrogens is 2. The number of nitrogens with zero attached hydrogens (tertiary/aromatic N) is 1. The lowest BCUT2D eigenvalue weighted by molar-refractivity contribution is -0.401. The first-order valence-electron chi connectivity index (χ1n) is 5.76. The Balaban J connectivity index is 1.71. The Morgan fingerprint density at radius 3 is 2.79 bits per heavy atom. The molecule has 3 nitrogen and oxygen atoms in total. The summed E-state index contributed by atoms with van der Waals surface area (Å²) >= 11 is 0. The highest BCUT2D eigenvalue weighted by molar-refractivity contribution is 5.13. The zero-order valence-corrected chi connectivity index (χ0v) is 8.60. The fourth-order valence-corrected chi connectivity index (χ4v) is 2.66. The second-order valence-corrected chi connectivity index (χ2v) is 4.52. The standard InChI is InChI=1S/C11H17N3/c1-2-7-14(6-1)8-11-12-9-4-3-5-10(9)13-11/h1-8H2,(H,12,13)/p+1. The zero-order chi connectivity index (χ0) is 9.38. The van der Waals surface area contributed by atoms with Crippen LogP contribution in [0.15, 0.2) is 0 Å². The molecule has 0 bridgehead atoms. The molecule has 1 aliphatic carbocycles. The van der Waals surface area contributed by atoms with Gasteiger partial charge in [-0.1, -0.05) is 0 Å². The van der Waals surface area contributed by atoms with Gasteiger partial charge in [-0.2, -0.15) is 0 Å². The average molecular weight is 192 g/mol. The predicted octanol–water partition coefficient (Wildman–Crippen LogP) is 0.913. The average Bonchev–Trinajstić information content (AvgIpc) is 2.78. The van der Waals surface area contributed by atoms with E-state index in [1.54, 1.807) is 0 Å². The van der Waals surface area contributed by atoms with E-state index in [1.165, 1.54) is 62.4 Å². The molecule has 0 radical (unpaired) electrons. The summed E-state index contributed by atoms with van der Waals surface area (Å²) in [5.74, 6) is 1.32. The number of aryl methyl sites for hydroxylation is 2. The Kier molecular flexibility index (Phi) is 2.05. The molecule has 76 valence electrons. The topological polar surface area (TPSA) is 33.2 Å². The van der Waals surface area contributed by atoms with Crippen molar-refractivity contribution in [3.05, 3.63) is 17.2 Å². The fraction of sp³-hybridized carbons (Fsp3) is 0.727. The van der Waals surface area contributed by atoms with E-state index in [0.29, 0.717) is 0 Å². The highest BCUT2D eigenvalue weighted by Gasteiger charge is 2.23. The third kappa shape index (κ3) is 1.46. The molecular formula is C11H18N3+. The number of hydrogen-bond acceptors (Lipinski definition) is 1. The van der Waals surface area contributed by atoms with Crippen LogP contribution in [-0.2, 0) is 19.4 Å². The summed E-state index contributed by atoms with van der Waals surface area (Å²) < 4.78 is 0. The van der Waals surface area contributed by atoms with E-state index in [0.717, 1.165) is 6.54 Å². The van der Waals surface area contributed by atoms with Crippen LogP contribution in [0.4, 0.5) is 0 Å². The molecule has 0 amide bonds. The summed E-state index contributed by atoms with van der Waals surface area (Å²) in [6, 6.07) is 0. The van der Waals surface area contributed by atoms with Crippen molar-refractivity contribution >= 4 is 0 Å². The smallest absolute Gasteiger partial charge is 0.266 e. The van der Waals surface area contributed by atoms with Crippen molar-refractivity contribution in [1.82, 2.24) is 9.88 Å². The number of imidazole rings is 1. The lowest BCUT2D eigenvalue weighted by Gasteiger charge is -2.09. The van der Waals surface area contributed by atoms with Gasteiger partial charge in [-0.05, 0) is 32.4 Å². The minimum absolute atomic E-state index is 1.09. The molecule has 1 aliphatic heterocycles. The van der Waals surface area contributed by atoms with Crippen LogP contribution in [0.2, 0.25) is 0 Å². The molecule has 2 N–H and O–H groups in total. The zero-order valence-electron chi connectivity index (χ0n) is 8.60. The number of nitrogens with one attached hydrogen (secondary N) is 2. The molecule has 1 saturated heterocycles. The van der Waals surface area contributed by atoms with Crippen LogP contribution >= 0.6 is 0 Å². The van der Waals surface area contributed by atoms with Gasteiger partial charge in [0.25, 0.3) is 5.82 Å². The molecule has 0 atom stereocenters. The Bertz CT molecular complexity index is 302. The molecule has 1 fully saturated rings. The van der Waals surface area contributed by atoms with Crippen molar-refractivity contribution < 1.29 is 4.98 Å². The van der Waals surface area contributed by atoms with Crippen LogP contribution in [0, 0.1) is 0 Å². The van der Waals surface area contributed by atoms with E-state index in [-0.39, 0.29) is 0 Å². The summed E-state index contributed by atoms with van der Waals surface area (Å²) in [6.07, 6.45) is 6.56. The molecule has 1 aromatic rings. The van der Waals surface area contributed by atoms with Gasteiger partial charge in [0.05, 0.1) is 0 Å². The van der Waals surface area contributed by atoms with Gasteiger partial charge in [0.1, 0.15) is 17.9 Å². The molecule has 0 spiro atoms. The van der Waals surface area contributed by atoms with Gasteiger partial charge in [-0.25, -0.2) is 9.97 Å². The van der Waals surface area contributed by atoms with Gasteiger partial charge >= 0.3 is 0 Å². The first-order chi connectivity index (χ1) is 6.92. The van der Waals surface area contributed by atoms with Crippen LogP contribution < -0.4 is 4.98 Å². The Hall–Kier alpha value is -0.830. The number of H-pyrrole nitrogens is 2. The summed E-state index contributed by atoms with van der Waals surface area (Å²) in [6.45, 7) is 3.64. The van der Waals surface area contributed by atoms with Gasteiger partial charge in [0.2, 0.25) is 0 Å². The van der Waals surface area contributed by atoms with E-state index in [4.69, 9.17) is 0 Å². The molecule has 3 rings (SSSR count). The molecule has 3 heteroatoms. The minimum atomic E-state index is 1.09. The lowest BCUT2D eigenvalue weighted by atomic mass is 10.3. The molecule has 0 unspecified atom stereocenters. The Morgan fingerprint density at radius 1 is 1.14 bits per heavy atom. The second-order valence-electron chi connectivity index (χ2n) is 4.52. The van der Waals surface area contributed by atoms with Crippen LogP contribution in [0.1, 0.15) is 36.5 Å². The van der Waals surface area contributed by atoms with Crippen LogP contribution in [0.5, 0.6) is 0 Å². The minimum Gasteiger partial charge on any atom is -0.292 e. The molecule has 0 saturated carbocycles. The normalized spacial score (nSPS) is 21.7. The van der Waals surface area contributed by atoms with Gasteiger partial charge in [-0.3, -0.25) is 4.90 Å². The molecule has 1 aromatic heterocycles. The number of rotatable bonds is 2. The summed E-state index contributed by atoms with van der Waals surface area (Å²) in [5.41, 5.74) is 2.92. The lowest BCUT2D eigenvalue weighted by Crippen LogP contribution is -2.24. The molecule has 14 heavy (non-hydrogen) atoms. The van der Waals surface area contributed by atoms with Crippen LogP contribution in [0.3, 0.4) is 0 Å². The van der Waals surface area contributed by atoms with Crippen molar-refractivity contribution in [3.8, 4) is 0 Å². The van der Waals surface area contributed by atoms with E-state index in [9.17, 15) is 0 Å². The first kappa shape index (κ1) is 8.48. The molecule has 0 aromatic carbocycles. The maximum absolute atomic E-state index is 3.52. The van der Waals surface area contributed by atoms with Crippen LogP contribution in [-0.4, -0.2) is 23.0 Å². The SMILES string of the molecule is C1Cc2[nH]c(CN3CCCC3)[nH+]c2C1. The highest BCUT2D eigenvalue weighted by Crippen LogP contribution is 2.17. The molecular weight excluding hydrogens is 174 g/mol. The van der Waals surface area contributed by atoms with Gasteiger partial charge in [-0.15, -0.1) is 0 Å². The monoisotopic (exact) mass is 192 g/mol. The van der Waals surface area contributed by atoms with E-state index >= 15 is 0 Å². The third-order valence-electron chi connectivity index (χ3n) is 3.40. The predicted molar refractivity (Wildman–Crippen MR) is 53.9 cm³/mol. The molecule has 2 aliphatic rings. The number of likely N-dealkylation sites (tertiary alicyclic amines) is 1. The quantitative estimate of drug-likeness (QED) is 0.742. The second kappa shape index (κ2) is 3.39. The maximum atomic E-state index is 3.52. The van der Waals surface area contributed by atoms with Crippen LogP contribution in [0.25, 0.3) is 0 Å². The van der Waals surface area contributed by atoms with E-state index < -0.39 is 0 Å². The largest absolute Gasteiger partial charge is 0.292 e. The van der Waals surface area contributed by atoms with Crippen molar-refractivity contribution in [2.24, 2.45) is 0 Å². The molecule has 2 heterocycles. The maximum Gasteiger partial charge on any atom is 0.266 e. The van der Waals surface area contributed by atoms with E-state index in [2.05, 4.69) is 14.9 Å². The summed E-state index contributed by atoms with van der Waals surface area (Å²) in [7, 11) is 0. The van der Waals surface area contributed by atoms with Crippen molar-refractivity contribution in [3.63, 3.8) is 0 Å². The number of fused-ring (bicyclic) bond motifs is 1. The van der Waals surface area contributed by atoms with Crippen molar-refractivity contribution in [1.29, 1.82) is 0 Å². The van der Waals surface area contributed by atoms with Crippen molar-refractivity contribution in [2.45, 2.75) is 38.6 Å². The Labute approximate surface area is 84.5 Å². The number of aromatic amines is 2. The van der Waals surface area contributed by atoms with Gasteiger partial charge in [0, 0.05) is 12.8 Å². The highest BCUT2D eigenvalue weighted by atomic mass is 15.2.